The lowest BCUT2D eigenvalue weighted by atomic mass is 10.0. The van der Waals surface area contributed by atoms with Crippen molar-refractivity contribution in [2.24, 2.45) is 0 Å². The molecule has 4 heteroatoms. The molecule has 0 aliphatic rings. The highest BCUT2D eigenvalue weighted by Crippen LogP contribution is 2.21. The van der Waals surface area contributed by atoms with Crippen LogP contribution in [-0.4, -0.2) is 12.9 Å². The minimum Gasteiger partial charge on any atom is -0.422 e. The Morgan fingerprint density at radius 2 is 2.11 bits per heavy atom. The van der Waals surface area contributed by atoms with Gasteiger partial charge in [0.25, 0.3) is 0 Å². The molecule has 0 unspecified atom stereocenters. The Hall–Kier alpha value is -2.20. The summed E-state index contributed by atoms with van der Waals surface area (Å²) in [7, 11) is 1.56. The first kappa shape index (κ1) is 13.2. The van der Waals surface area contributed by atoms with Crippen molar-refractivity contribution in [3.05, 3.63) is 51.9 Å². The maximum absolute atomic E-state index is 12.0. The van der Waals surface area contributed by atoms with Gasteiger partial charge in [-0.1, -0.05) is 18.2 Å². The van der Waals surface area contributed by atoms with Crippen molar-refractivity contribution in [2.45, 2.75) is 13.5 Å². The first-order valence-electron chi connectivity index (χ1n) is 5.86. The maximum Gasteiger partial charge on any atom is 0.343 e. The zero-order valence-corrected chi connectivity index (χ0v) is 10.8. The van der Waals surface area contributed by atoms with Gasteiger partial charge in [0.15, 0.2) is 5.78 Å². The molecule has 1 aromatic carbocycles. The summed E-state index contributed by atoms with van der Waals surface area (Å²) >= 11 is 0. The zero-order chi connectivity index (χ0) is 13.8. The van der Waals surface area contributed by atoms with Crippen LogP contribution < -0.4 is 5.63 Å². The van der Waals surface area contributed by atoms with E-state index in [-0.39, 0.29) is 12.4 Å². The Morgan fingerprint density at radius 3 is 2.79 bits per heavy atom. The molecule has 0 aliphatic carbocycles. The van der Waals surface area contributed by atoms with Crippen molar-refractivity contribution in [3.63, 3.8) is 0 Å². The molecule has 0 fully saturated rings. The molecule has 4 nitrogen and oxygen atoms in total. The molecule has 98 valence electrons. The summed E-state index contributed by atoms with van der Waals surface area (Å²) < 4.78 is 10.4. The lowest BCUT2D eigenvalue weighted by Gasteiger charge is -2.07. The Kier molecular flexibility index (Phi) is 3.92. The predicted molar refractivity (Wildman–Crippen MR) is 72.9 cm³/mol. The lowest BCUT2D eigenvalue weighted by molar-refractivity contribution is -0.112. The summed E-state index contributed by atoms with van der Waals surface area (Å²) in [5, 5.41) is 0.812. The quantitative estimate of drug-likeness (QED) is 0.624. The van der Waals surface area contributed by atoms with Gasteiger partial charge < -0.3 is 9.15 Å². The molecule has 2 rings (SSSR count). The summed E-state index contributed by atoms with van der Waals surface area (Å²) in [4.78, 5) is 23.0. The van der Waals surface area contributed by atoms with E-state index in [2.05, 4.69) is 0 Å². The van der Waals surface area contributed by atoms with E-state index in [4.69, 9.17) is 9.15 Å². The van der Waals surface area contributed by atoms with Crippen LogP contribution in [0.3, 0.4) is 0 Å². The Labute approximate surface area is 110 Å². The molecule has 0 aliphatic heterocycles. The number of para-hydroxylation sites is 1. The Morgan fingerprint density at radius 1 is 1.37 bits per heavy atom. The number of methoxy groups -OCH3 is 1. The van der Waals surface area contributed by atoms with Gasteiger partial charge in [0.2, 0.25) is 0 Å². The number of allylic oxidation sites excluding steroid dienone is 1. The lowest BCUT2D eigenvalue weighted by Crippen LogP contribution is -2.09. The van der Waals surface area contributed by atoms with Crippen LogP contribution in [0.1, 0.15) is 18.1 Å². The van der Waals surface area contributed by atoms with E-state index in [1.807, 2.05) is 12.1 Å². The van der Waals surface area contributed by atoms with E-state index >= 15 is 0 Å². The first-order chi connectivity index (χ1) is 9.13. The number of ether oxygens (including phenoxy) is 1. The second-order valence-electron chi connectivity index (χ2n) is 4.15. The molecule has 19 heavy (non-hydrogen) atoms. The van der Waals surface area contributed by atoms with Gasteiger partial charge in [0, 0.05) is 18.1 Å². The van der Waals surface area contributed by atoms with Gasteiger partial charge >= 0.3 is 5.63 Å². The second kappa shape index (κ2) is 5.63. The fourth-order valence-corrected chi connectivity index (χ4v) is 1.90. The average Bonchev–Trinajstić information content (AvgIpc) is 2.38. The van der Waals surface area contributed by atoms with Crippen molar-refractivity contribution in [3.8, 4) is 0 Å². The highest BCUT2D eigenvalue weighted by atomic mass is 16.5. The number of benzene rings is 1. The fourth-order valence-electron chi connectivity index (χ4n) is 1.90. The molecular formula is C15H14O4. The van der Waals surface area contributed by atoms with Crippen LogP contribution in [0.15, 0.2) is 39.6 Å². The van der Waals surface area contributed by atoms with E-state index in [0.29, 0.717) is 11.1 Å². The van der Waals surface area contributed by atoms with Gasteiger partial charge in [0.1, 0.15) is 5.58 Å². The fraction of sp³-hybridized carbons (Fsp3) is 0.200. The van der Waals surface area contributed by atoms with Gasteiger partial charge in [-0.3, -0.25) is 4.79 Å². The smallest absolute Gasteiger partial charge is 0.343 e. The van der Waals surface area contributed by atoms with Crippen LogP contribution in [0.5, 0.6) is 0 Å². The summed E-state index contributed by atoms with van der Waals surface area (Å²) in [5.74, 6) is -0.129. The molecule has 0 atom stereocenters. The number of rotatable bonds is 4. The van der Waals surface area contributed by atoms with Gasteiger partial charge in [-0.25, -0.2) is 4.79 Å². The summed E-state index contributed by atoms with van der Waals surface area (Å²) in [6.07, 6.45) is 2.83. The largest absolute Gasteiger partial charge is 0.422 e. The first-order valence-corrected chi connectivity index (χ1v) is 5.86. The molecule has 0 amide bonds. The van der Waals surface area contributed by atoms with E-state index in [1.54, 1.807) is 19.2 Å². The minimum atomic E-state index is -0.469. The predicted octanol–water partition coefficient (Wildman–Crippen LogP) is 2.54. The van der Waals surface area contributed by atoms with Crippen molar-refractivity contribution < 1.29 is 13.9 Å². The van der Waals surface area contributed by atoms with Crippen LogP contribution in [0, 0.1) is 0 Å². The summed E-state index contributed by atoms with van der Waals surface area (Å²) in [5.41, 5.74) is 1.13. The number of carbonyl (C=O) groups is 1. The third-order valence-electron chi connectivity index (χ3n) is 2.73. The third kappa shape index (κ3) is 2.80. The Bertz CT molecular complexity index is 695. The van der Waals surface area contributed by atoms with Gasteiger partial charge in [-0.15, -0.1) is 0 Å². The minimum absolute atomic E-state index is 0.129. The van der Waals surface area contributed by atoms with Gasteiger partial charge in [-0.2, -0.15) is 0 Å². The topological polar surface area (TPSA) is 56.5 Å². The van der Waals surface area contributed by atoms with E-state index in [9.17, 15) is 9.59 Å². The number of ketones is 1. The van der Waals surface area contributed by atoms with Crippen LogP contribution in [-0.2, 0) is 16.1 Å². The number of hydrogen-bond donors (Lipinski definition) is 0. The molecule has 1 aromatic heterocycles. The van der Waals surface area contributed by atoms with Crippen molar-refractivity contribution in [1.82, 2.24) is 0 Å². The molecule has 0 spiro atoms. The molecule has 0 radical (unpaired) electrons. The molecule has 0 bridgehead atoms. The SMILES string of the molecule is COCc1c(/C=C/C(C)=O)c(=O)oc2ccccc12. The molecule has 2 aromatic rings. The van der Waals surface area contributed by atoms with Crippen LogP contribution in [0.2, 0.25) is 0 Å². The van der Waals surface area contributed by atoms with Crippen molar-refractivity contribution in [1.29, 1.82) is 0 Å². The summed E-state index contributed by atoms with van der Waals surface area (Å²) in [6.45, 7) is 1.71. The van der Waals surface area contributed by atoms with Crippen LogP contribution in [0.4, 0.5) is 0 Å². The standard InChI is InChI=1S/C15H14O4/c1-10(16)7-8-12-13(9-18-2)11-5-3-4-6-14(11)19-15(12)17/h3-8H,9H2,1-2H3/b8-7+. The van der Waals surface area contributed by atoms with Crippen molar-refractivity contribution in [2.75, 3.05) is 7.11 Å². The molecule has 0 N–H and O–H groups in total. The highest BCUT2D eigenvalue weighted by molar-refractivity contribution is 5.92. The molecule has 0 saturated heterocycles. The van der Waals surface area contributed by atoms with Gasteiger partial charge in [0.05, 0.1) is 12.2 Å². The maximum atomic E-state index is 12.0. The second-order valence-corrected chi connectivity index (χ2v) is 4.15. The average molecular weight is 258 g/mol. The van der Waals surface area contributed by atoms with Crippen LogP contribution in [0.25, 0.3) is 17.0 Å². The zero-order valence-electron chi connectivity index (χ0n) is 10.8. The summed E-state index contributed by atoms with van der Waals surface area (Å²) in [6, 6.07) is 7.25. The number of hydrogen-bond acceptors (Lipinski definition) is 4. The third-order valence-corrected chi connectivity index (χ3v) is 2.73. The van der Waals surface area contributed by atoms with Gasteiger partial charge in [-0.05, 0) is 25.1 Å². The molecule has 0 saturated carbocycles. The van der Waals surface area contributed by atoms with E-state index in [1.165, 1.54) is 19.1 Å². The molecular weight excluding hydrogens is 244 g/mol. The number of carbonyl (C=O) groups excluding carboxylic acids is 1. The Balaban J connectivity index is 2.73. The van der Waals surface area contributed by atoms with Crippen molar-refractivity contribution >= 4 is 22.8 Å². The highest BCUT2D eigenvalue weighted by Gasteiger charge is 2.12. The number of fused-ring (bicyclic) bond motifs is 1. The van der Waals surface area contributed by atoms with E-state index < -0.39 is 5.63 Å². The monoisotopic (exact) mass is 258 g/mol. The van der Waals surface area contributed by atoms with E-state index in [0.717, 1.165) is 10.9 Å². The molecule has 1 heterocycles. The van der Waals surface area contributed by atoms with Crippen LogP contribution >= 0.6 is 0 Å². The normalized spacial score (nSPS) is 11.3.